The van der Waals surface area contributed by atoms with Gasteiger partial charge in [-0.15, -0.1) is 0 Å². The van der Waals surface area contributed by atoms with E-state index in [1.807, 2.05) is 30.3 Å². The topological polar surface area (TPSA) is 21.3 Å². The molecule has 0 saturated carbocycles. The fourth-order valence-electron chi connectivity index (χ4n) is 2.82. The van der Waals surface area contributed by atoms with Crippen molar-refractivity contribution < 1.29 is 4.74 Å². The summed E-state index contributed by atoms with van der Waals surface area (Å²) >= 11 is 13.3. The second-order valence-electron chi connectivity index (χ2n) is 6.40. The Hall–Kier alpha value is -1.49. The monoisotopic (exact) mass is 507 g/mol. The van der Waals surface area contributed by atoms with Crippen LogP contribution < -0.4 is 10.1 Å². The quantitative estimate of drug-likeness (QED) is 0.368. The second kappa shape index (κ2) is 9.13. The van der Waals surface area contributed by atoms with Crippen LogP contribution in [0.5, 0.6) is 5.75 Å². The van der Waals surface area contributed by atoms with Crippen molar-refractivity contribution in [2.75, 3.05) is 5.32 Å². The third-order valence-corrected chi connectivity index (χ3v) is 5.71. The fraction of sp³-hybridized carbons (Fsp3) is 0.182. The van der Waals surface area contributed by atoms with Crippen molar-refractivity contribution in [2.45, 2.75) is 27.0 Å². The Bertz CT molecular complexity index is 959. The molecule has 3 aromatic carbocycles. The molecule has 0 heterocycles. The Morgan fingerprint density at radius 1 is 1.00 bits per heavy atom. The summed E-state index contributed by atoms with van der Waals surface area (Å²) in [5.74, 6) is 0.830. The van der Waals surface area contributed by atoms with Crippen LogP contribution in [0, 0.1) is 13.8 Å². The zero-order valence-corrected chi connectivity index (χ0v) is 19.1. The van der Waals surface area contributed by atoms with E-state index >= 15 is 0 Å². The maximum atomic E-state index is 6.14. The summed E-state index contributed by atoms with van der Waals surface area (Å²) in [4.78, 5) is 0. The smallest absolute Gasteiger partial charge is 0.139 e. The summed E-state index contributed by atoms with van der Waals surface area (Å²) in [5, 5.41) is 4.24. The Kier molecular flexibility index (Phi) is 6.85. The van der Waals surface area contributed by atoms with Crippen LogP contribution in [0.1, 0.15) is 22.3 Å². The molecule has 0 aliphatic heterocycles. The molecular formula is C22H20Br2ClNO. The molecule has 0 saturated heterocycles. The number of anilines is 1. The predicted molar refractivity (Wildman–Crippen MR) is 121 cm³/mol. The van der Waals surface area contributed by atoms with E-state index in [1.54, 1.807) is 0 Å². The summed E-state index contributed by atoms with van der Waals surface area (Å²) < 4.78 is 8.06. The third-order valence-electron chi connectivity index (χ3n) is 4.43. The van der Waals surface area contributed by atoms with Crippen LogP contribution in [0.2, 0.25) is 5.02 Å². The van der Waals surface area contributed by atoms with Crippen molar-refractivity contribution in [2.24, 2.45) is 0 Å². The van der Waals surface area contributed by atoms with Gasteiger partial charge in [-0.3, -0.25) is 0 Å². The van der Waals surface area contributed by atoms with E-state index in [4.69, 9.17) is 16.3 Å². The molecule has 0 spiro atoms. The highest BCUT2D eigenvalue weighted by molar-refractivity contribution is 9.11. The lowest BCUT2D eigenvalue weighted by molar-refractivity contribution is 0.301. The first-order valence-corrected chi connectivity index (χ1v) is 10.6. The summed E-state index contributed by atoms with van der Waals surface area (Å²) in [6.45, 7) is 5.37. The predicted octanol–water partition coefficient (Wildman–Crippen LogP) is 7.67. The normalized spacial score (nSPS) is 10.7. The minimum Gasteiger partial charge on any atom is -0.487 e. The second-order valence-corrected chi connectivity index (χ2v) is 8.60. The van der Waals surface area contributed by atoms with E-state index in [2.05, 4.69) is 75.3 Å². The number of nitrogens with one attached hydrogen (secondary N) is 1. The lowest BCUT2D eigenvalue weighted by atomic mass is 10.1. The average molecular weight is 510 g/mol. The van der Waals surface area contributed by atoms with E-state index in [-0.39, 0.29) is 0 Å². The molecule has 1 N–H and O–H groups in total. The Balaban J connectivity index is 1.80. The number of aryl methyl sites for hydroxylation is 1. The van der Waals surface area contributed by atoms with E-state index in [0.29, 0.717) is 18.2 Å². The summed E-state index contributed by atoms with van der Waals surface area (Å²) in [5.41, 5.74) is 5.76. The molecule has 3 aromatic rings. The van der Waals surface area contributed by atoms with Crippen molar-refractivity contribution in [3.05, 3.63) is 90.8 Å². The maximum absolute atomic E-state index is 6.14. The van der Waals surface area contributed by atoms with Crippen molar-refractivity contribution >= 4 is 49.1 Å². The van der Waals surface area contributed by atoms with Crippen LogP contribution in [0.25, 0.3) is 0 Å². The van der Waals surface area contributed by atoms with Gasteiger partial charge in [0.1, 0.15) is 12.4 Å². The Labute approximate surface area is 182 Å². The van der Waals surface area contributed by atoms with Gasteiger partial charge in [-0.2, -0.15) is 0 Å². The first kappa shape index (κ1) is 20.2. The Morgan fingerprint density at radius 3 is 2.56 bits per heavy atom. The number of benzene rings is 3. The number of rotatable bonds is 6. The van der Waals surface area contributed by atoms with Crippen LogP contribution >= 0.6 is 43.5 Å². The highest BCUT2D eigenvalue weighted by Gasteiger charge is 2.12. The molecule has 140 valence electrons. The average Bonchev–Trinajstić information content (AvgIpc) is 2.62. The van der Waals surface area contributed by atoms with Crippen molar-refractivity contribution in [1.82, 2.24) is 0 Å². The molecule has 0 unspecified atom stereocenters. The number of hydrogen-bond acceptors (Lipinski definition) is 2. The minimum atomic E-state index is 0.456. The largest absolute Gasteiger partial charge is 0.487 e. The zero-order valence-electron chi connectivity index (χ0n) is 15.2. The molecule has 3 rings (SSSR count). The van der Waals surface area contributed by atoms with Gasteiger partial charge in [0.05, 0.1) is 4.47 Å². The van der Waals surface area contributed by atoms with Crippen molar-refractivity contribution in [3.63, 3.8) is 0 Å². The third kappa shape index (κ3) is 5.28. The van der Waals surface area contributed by atoms with Crippen LogP contribution in [0.4, 0.5) is 5.69 Å². The van der Waals surface area contributed by atoms with Gasteiger partial charge in [-0.05, 0) is 76.8 Å². The van der Waals surface area contributed by atoms with Crippen LogP contribution in [-0.2, 0) is 13.2 Å². The van der Waals surface area contributed by atoms with Gasteiger partial charge in [0.25, 0.3) is 0 Å². The maximum Gasteiger partial charge on any atom is 0.139 e. The van der Waals surface area contributed by atoms with Gasteiger partial charge in [0.15, 0.2) is 0 Å². The van der Waals surface area contributed by atoms with Gasteiger partial charge in [-0.25, -0.2) is 0 Å². The summed E-state index contributed by atoms with van der Waals surface area (Å²) in [7, 11) is 0. The summed E-state index contributed by atoms with van der Waals surface area (Å²) in [6, 6.07) is 18.1. The fourth-order valence-corrected chi connectivity index (χ4v) is 4.46. The molecule has 0 fully saturated rings. The zero-order chi connectivity index (χ0) is 19.4. The molecule has 2 nitrogen and oxygen atoms in total. The molecule has 0 bridgehead atoms. The lowest BCUT2D eigenvalue weighted by Gasteiger charge is -2.17. The molecule has 0 amide bonds. The van der Waals surface area contributed by atoms with Crippen LogP contribution in [-0.4, -0.2) is 0 Å². The highest BCUT2D eigenvalue weighted by Crippen LogP contribution is 2.34. The number of hydrogen-bond donors (Lipinski definition) is 1. The van der Waals surface area contributed by atoms with E-state index in [1.165, 1.54) is 11.1 Å². The Morgan fingerprint density at radius 2 is 1.78 bits per heavy atom. The molecular weight excluding hydrogens is 490 g/mol. The summed E-state index contributed by atoms with van der Waals surface area (Å²) in [6.07, 6.45) is 0. The van der Waals surface area contributed by atoms with Gasteiger partial charge >= 0.3 is 0 Å². The molecule has 0 radical (unpaired) electrons. The SMILES string of the molecule is Cc1cccc(NCc2cc(Br)cc(Br)c2OCc2cccc(Cl)c2)c1C. The molecule has 0 aliphatic rings. The van der Waals surface area contributed by atoms with E-state index < -0.39 is 0 Å². The van der Waals surface area contributed by atoms with Gasteiger partial charge in [0.2, 0.25) is 0 Å². The molecule has 0 atom stereocenters. The van der Waals surface area contributed by atoms with E-state index in [0.717, 1.165) is 31.5 Å². The van der Waals surface area contributed by atoms with Crippen LogP contribution in [0.3, 0.4) is 0 Å². The molecule has 5 heteroatoms. The molecule has 27 heavy (non-hydrogen) atoms. The van der Waals surface area contributed by atoms with E-state index in [9.17, 15) is 0 Å². The minimum absolute atomic E-state index is 0.456. The van der Waals surface area contributed by atoms with Crippen molar-refractivity contribution in [3.8, 4) is 5.75 Å². The molecule has 0 aromatic heterocycles. The standard InChI is InChI=1S/C22H20Br2ClNO/c1-14-5-3-8-21(15(14)2)26-12-17-10-18(23)11-20(24)22(17)27-13-16-6-4-7-19(25)9-16/h3-11,26H,12-13H2,1-2H3. The van der Waals surface area contributed by atoms with Gasteiger partial charge in [-0.1, -0.05) is 51.8 Å². The van der Waals surface area contributed by atoms with Crippen molar-refractivity contribution in [1.29, 1.82) is 0 Å². The molecule has 0 aliphatic carbocycles. The van der Waals surface area contributed by atoms with Gasteiger partial charge in [0, 0.05) is 27.3 Å². The lowest BCUT2D eigenvalue weighted by Crippen LogP contribution is -2.06. The number of halogens is 3. The first-order chi connectivity index (χ1) is 12.9. The first-order valence-electron chi connectivity index (χ1n) is 8.59. The number of ether oxygens (including phenoxy) is 1. The highest BCUT2D eigenvalue weighted by atomic mass is 79.9. The van der Waals surface area contributed by atoms with Gasteiger partial charge < -0.3 is 10.1 Å². The van der Waals surface area contributed by atoms with Crippen LogP contribution in [0.15, 0.2) is 63.5 Å².